The highest BCUT2D eigenvalue weighted by Crippen LogP contribution is 2.32. The number of H-pyrrole nitrogens is 1. The van der Waals surface area contributed by atoms with Crippen molar-refractivity contribution in [1.29, 1.82) is 0 Å². The minimum Gasteiger partial charge on any atom is -0.342 e. The number of hydrogen-bond donors (Lipinski definition) is 1. The zero-order valence-corrected chi connectivity index (χ0v) is 16.1. The predicted octanol–water partition coefficient (Wildman–Crippen LogP) is 4.14. The van der Waals surface area contributed by atoms with Crippen LogP contribution in [0.3, 0.4) is 0 Å². The lowest BCUT2D eigenvalue weighted by molar-refractivity contribution is 0.218. The molecule has 2 aromatic heterocycles. The molecule has 5 nitrogen and oxygen atoms in total. The molecule has 0 bridgehead atoms. The second-order valence-electron chi connectivity index (χ2n) is 7.72. The van der Waals surface area contributed by atoms with E-state index in [0.29, 0.717) is 0 Å². The number of aryl methyl sites for hydroxylation is 1. The molecule has 28 heavy (non-hydrogen) atoms. The first kappa shape index (κ1) is 17.2. The van der Waals surface area contributed by atoms with E-state index in [1.165, 1.54) is 34.6 Å². The maximum Gasteiger partial charge on any atom is 0.274 e. The molecule has 0 aliphatic carbocycles. The summed E-state index contributed by atoms with van der Waals surface area (Å²) in [6.07, 6.45) is 3.78. The third-order valence-electron chi connectivity index (χ3n) is 5.75. The summed E-state index contributed by atoms with van der Waals surface area (Å²) in [6.45, 7) is 4.95. The van der Waals surface area contributed by atoms with E-state index >= 15 is 0 Å². The molecule has 4 aromatic rings. The molecule has 0 saturated carbocycles. The van der Waals surface area contributed by atoms with E-state index in [9.17, 15) is 4.79 Å². The van der Waals surface area contributed by atoms with Crippen LogP contribution in [0.1, 0.15) is 30.7 Å². The van der Waals surface area contributed by atoms with Crippen molar-refractivity contribution in [2.75, 3.05) is 13.1 Å². The van der Waals surface area contributed by atoms with Gasteiger partial charge in [0.2, 0.25) is 0 Å². The summed E-state index contributed by atoms with van der Waals surface area (Å²) in [7, 11) is 0. The molecule has 0 radical (unpaired) electrons. The number of nitrogens with one attached hydrogen (secondary N) is 1. The van der Waals surface area contributed by atoms with E-state index in [0.717, 1.165) is 47.8 Å². The first-order valence-electron chi connectivity index (χ1n) is 10.0. The molecule has 5 heteroatoms. The van der Waals surface area contributed by atoms with Crippen LogP contribution in [0.4, 0.5) is 0 Å². The van der Waals surface area contributed by atoms with Crippen molar-refractivity contribution in [2.24, 2.45) is 0 Å². The van der Waals surface area contributed by atoms with Crippen molar-refractivity contribution < 1.29 is 0 Å². The van der Waals surface area contributed by atoms with Crippen LogP contribution in [0.25, 0.3) is 27.5 Å². The van der Waals surface area contributed by atoms with Crippen molar-refractivity contribution in [2.45, 2.75) is 32.7 Å². The number of likely N-dealkylation sites (tertiary alicyclic amines) is 1. The van der Waals surface area contributed by atoms with Crippen LogP contribution in [0, 0.1) is 6.92 Å². The molecule has 142 valence electrons. The smallest absolute Gasteiger partial charge is 0.274 e. The fraction of sp³-hybridized carbons (Fsp3) is 0.304. The Balaban J connectivity index is 1.68. The molecule has 1 saturated heterocycles. The maximum absolute atomic E-state index is 12.8. The Morgan fingerprint density at radius 1 is 1.04 bits per heavy atom. The SMILES string of the molecule is Cc1nn2c(=O)cc(CN3CCCCC3)[nH]c2c1-c1cccc2ccccc12. The lowest BCUT2D eigenvalue weighted by Crippen LogP contribution is -2.30. The van der Waals surface area contributed by atoms with Crippen LogP contribution in [-0.4, -0.2) is 32.6 Å². The van der Waals surface area contributed by atoms with Gasteiger partial charge in [-0.25, -0.2) is 0 Å². The number of hydrogen-bond acceptors (Lipinski definition) is 3. The highest BCUT2D eigenvalue weighted by molar-refractivity contribution is 6.00. The van der Waals surface area contributed by atoms with Gasteiger partial charge < -0.3 is 4.98 Å². The molecule has 1 aliphatic rings. The Bertz CT molecular complexity index is 1210. The zero-order chi connectivity index (χ0) is 19.1. The minimum absolute atomic E-state index is 0.0738. The van der Waals surface area contributed by atoms with Crippen LogP contribution in [0.15, 0.2) is 53.3 Å². The van der Waals surface area contributed by atoms with Crippen LogP contribution >= 0.6 is 0 Å². The second-order valence-corrected chi connectivity index (χ2v) is 7.72. The molecule has 0 atom stereocenters. The Morgan fingerprint density at radius 3 is 2.68 bits per heavy atom. The minimum atomic E-state index is -0.0738. The fourth-order valence-electron chi connectivity index (χ4n) is 4.41. The van der Waals surface area contributed by atoms with Gasteiger partial charge in [-0.3, -0.25) is 9.69 Å². The first-order chi connectivity index (χ1) is 13.7. The van der Waals surface area contributed by atoms with Gasteiger partial charge in [0.1, 0.15) is 5.65 Å². The van der Waals surface area contributed by atoms with Gasteiger partial charge in [0.05, 0.1) is 5.69 Å². The quantitative estimate of drug-likeness (QED) is 0.588. The maximum atomic E-state index is 12.8. The van der Waals surface area contributed by atoms with E-state index in [1.807, 2.05) is 13.0 Å². The average Bonchev–Trinajstić information content (AvgIpc) is 3.05. The molecule has 1 fully saturated rings. The molecule has 2 aromatic carbocycles. The molecule has 0 unspecified atom stereocenters. The molecular weight excluding hydrogens is 348 g/mol. The second kappa shape index (κ2) is 6.91. The summed E-state index contributed by atoms with van der Waals surface area (Å²) in [5, 5.41) is 6.90. The zero-order valence-electron chi connectivity index (χ0n) is 16.1. The van der Waals surface area contributed by atoms with Crippen molar-refractivity contribution in [3.8, 4) is 11.1 Å². The number of piperidine rings is 1. The summed E-state index contributed by atoms with van der Waals surface area (Å²) in [5.41, 5.74) is 4.65. The first-order valence-corrected chi connectivity index (χ1v) is 10.0. The molecule has 1 aliphatic heterocycles. The standard InChI is InChI=1S/C23H24N4O/c1-16-22(20-11-7-9-17-8-3-4-10-19(17)20)23-24-18(14-21(28)27(23)25-16)15-26-12-5-2-6-13-26/h3-4,7-11,14,24H,2,5-6,12-13,15H2,1H3. The molecule has 5 rings (SSSR count). The number of benzene rings is 2. The van der Waals surface area contributed by atoms with Crippen molar-refractivity contribution in [3.05, 3.63) is 70.3 Å². The largest absolute Gasteiger partial charge is 0.342 e. The van der Waals surface area contributed by atoms with Gasteiger partial charge in [-0.2, -0.15) is 9.61 Å². The summed E-state index contributed by atoms with van der Waals surface area (Å²) in [5.74, 6) is 0. The van der Waals surface area contributed by atoms with Gasteiger partial charge in [-0.05, 0) is 49.2 Å². The summed E-state index contributed by atoms with van der Waals surface area (Å²) in [4.78, 5) is 18.7. The van der Waals surface area contributed by atoms with Gasteiger partial charge in [-0.15, -0.1) is 0 Å². The van der Waals surface area contributed by atoms with Crippen molar-refractivity contribution >= 4 is 16.4 Å². The third-order valence-corrected chi connectivity index (χ3v) is 5.75. The number of fused-ring (bicyclic) bond motifs is 2. The van der Waals surface area contributed by atoms with E-state index < -0.39 is 0 Å². The van der Waals surface area contributed by atoms with E-state index in [2.05, 4.69) is 51.4 Å². The van der Waals surface area contributed by atoms with Crippen LogP contribution in [0.5, 0.6) is 0 Å². The number of nitrogens with zero attached hydrogens (tertiary/aromatic N) is 3. The highest BCUT2D eigenvalue weighted by atomic mass is 16.1. The Labute approximate surface area is 163 Å². The van der Waals surface area contributed by atoms with Gasteiger partial charge in [0, 0.05) is 23.9 Å². The average molecular weight is 372 g/mol. The Kier molecular flexibility index (Phi) is 4.24. The highest BCUT2D eigenvalue weighted by Gasteiger charge is 2.18. The van der Waals surface area contributed by atoms with Gasteiger partial charge in [-0.1, -0.05) is 48.9 Å². The monoisotopic (exact) mass is 372 g/mol. The normalized spacial score (nSPS) is 15.5. The van der Waals surface area contributed by atoms with E-state index in [-0.39, 0.29) is 5.56 Å². The molecule has 0 amide bonds. The van der Waals surface area contributed by atoms with E-state index in [1.54, 1.807) is 6.07 Å². The summed E-state index contributed by atoms with van der Waals surface area (Å²) in [6, 6.07) is 16.3. The Hall–Kier alpha value is -2.92. The topological polar surface area (TPSA) is 53.4 Å². The van der Waals surface area contributed by atoms with Gasteiger partial charge in [0.25, 0.3) is 5.56 Å². The molecule has 1 N–H and O–H groups in total. The van der Waals surface area contributed by atoms with Crippen LogP contribution < -0.4 is 5.56 Å². The Morgan fingerprint density at radius 2 is 1.82 bits per heavy atom. The van der Waals surface area contributed by atoms with Gasteiger partial charge in [0.15, 0.2) is 0 Å². The number of rotatable bonds is 3. The predicted molar refractivity (Wildman–Crippen MR) is 113 cm³/mol. The lowest BCUT2D eigenvalue weighted by atomic mass is 9.98. The molecule has 0 spiro atoms. The third kappa shape index (κ3) is 2.92. The van der Waals surface area contributed by atoms with E-state index in [4.69, 9.17) is 0 Å². The number of aromatic amines is 1. The van der Waals surface area contributed by atoms with Crippen LogP contribution in [-0.2, 0) is 6.54 Å². The fourth-order valence-corrected chi connectivity index (χ4v) is 4.41. The van der Waals surface area contributed by atoms with Crippen molar-refractivity contribution in [1.82, 2.24) is 19.5 Å². The lowest BCUT2D eigenvalue weighted by Gasteiger charge is -2.26. The molecule has 3 heterocycles. The van der Waals surface area contributed by atoms with Crippen molar-refractivity contribution in [3.63, 3.8) is 0 Å². The van der Waals surface area contributed by atoms with Crippen LogP contribution in [0.2, 0.25) is 0 Å². The summed E-state index contributed by atoms with van der Waals surface area (Å²) >= 11 is 0. The van der Waals surface area contributed by atoms with Gasteiger partial charge >= 0.3 is 0 Å². The molecular formula is C23H24N4O. The summed E-state index contributed by atoms with van der Waals surface area (Å²) < 4.78 is 1.51. The number of aromatic nitrogens is 3.